The van der Waals surface area contributed by atoms with Crippen LogP contribution in [0.5, 0.6) is 0 Å². The van der Waals surface area contributed by atoms with Gasteiger partial charge in [0.25, 0.3) is 5.91 Å². The van der Waals surface area contributed by atoms with E-state index in [2.05, 4.69) is 26.6 Å². The highest BCUT2D eigenvalue weighted by atomic mass is 79.9. The number of carbonyl (C=O) groups is 2. The van der Waals surface area contributed by atoms with Crippen molar-refractivity contribution >= 4 is 48.9 Å². The van der Waals surface area contributed by atoms with Crippen LogP contribution in [0.2, 0.25) is 0 Å². The highest BCUT2D eigenvalue weighted by Gasteiger charge is 2.28. The Morgan fingerprint density at radius 2 is 2.19 bits per heavy atom. The Balaban J connectivity index is 1.69. The van der Waals surface area contributed by atoms with E-state index in [-0.39, 0.29) is 42.3 Å². The maximum atomic E-state index is 11.7. The Bertz CT molecular complexity index is 641. The summed E-state index contributed by atoms with van der Waals surface area (Å²) in [5, 5.41) is 7.05. The predicted molar refractivity (Wildman–Crippen MR) is 84.2 cm³/mol. The predicted octanol–water partition coefficient (Wildman–Crippen LogP) is 0.934. The normalized spacial score (nSPS) is 20.1. The molecule has 1 aromatic rings. The van der Waals surface area contributed by atoms with Crippen LogP contribution in [0.15, 0.2) is 15.2 Å². The van der Waals surface area contributed by atoms with Crippen LogP contribution >= 0.6 is 27.3 Å². The number of sulfone groups is 1. The third kappa shape index (κ3) is 5.08. The number of carbonyl (C=O) groups excluding carboxylic acids is 2. The summed E-state index contributed by atoms with van der Waals surface area (Å²) in [7, 11) is -3.00. The lowest BCUT2D eigenvalue weighted by atomic mass is 10.2. The number of thiophene rings is 1. The van der Waals surface area contributed by atoms with E-state index in [4.69, 9.17) is 0 Å². The van der Waals surface area contributed by atoms with E-state index in [1.54, 1.807) is 11.4 Å². The van der Waals surface area contributed by atoms with E-state index in [1.165, 1.54) is 11.3 Å². The summed E-state index contributed by atoms with van der Waals surface area (Å²) in [6.45, 7) is 0.220. The van der Waals surface area contributed by atoms with E-state index in [0.717, 1.165) is 3.79 Å². The minimum absolute atomic E-state index is 0.00797. The Kier molecular flexibility index (Phi) is 5.39. The minimum atomic E-state index is -3.00. The second kappa shape index (κ2) is 6.89. The average molecular weight is 395 g/mol. The summed E-state index contributed by atoms with van der Waals surface area (Å²) in [5.41, 5.74) is 0.550. The molecule has 0 aliphatic carbocycles. The molecule has 2 heterocycles. The van der Waals surface area contributed by atoms with Gasteiger partial charge in [-0.25, -0.2) is 8.42 Å². The van der Waals surface area contributed by atoms with Crippen LogP contribution in [0.4, 0.5) is 0 Å². The molecule has 6 nitrogen and oxygen atoms in total. The topological polar surface area (TPSA) is 92.3 Å². The molecule has 0 saturated carbocycles. The lowest BCUT2D eigenvalue weighted by molar-refractivity contribution is -0.121. The maximum Gasteiger partial charge on any atom is 0.252 e. The van der Waals surface area contributed by atoms with Gasteiger partial charge in [-0.2, -0.15) is 0 Å². The molecule has 2 rings (SSSR count). The summed E-state index contributed by atoms with van der Waals surface area (Å²) in [4.78, 5) is 23.4. The zero-order valence-corrected chi connectivity index (χ0v) is 14.3. The van der Waals surface area contributed by atoms with E-state index >= 15 is 0 Å². The smallest absolute Gasteiger partial charge is 0.252 e. The molecule has 1 aromatic heterocycles. The zero-order valence-electron chi connectivity index (χ0n) is 11.1. The fourth-order valence-electron chi connectivity index (χ4n) is 2.03. The van der Waals surface area contributed by atoms with Crippen molar-refractivity contribution in [3.05, 3.63) is 20.8 Å². The standard InChI is InChI=1S/C12H15BrN2O4S2/c13-10-5-8(6-20-10)12(17)14-3-1-11(16)15-9-2-4-21(18,19)7-9/h5-6,9H,1-4,7H2,(H,14,17)(H,15,16). The van der Waals surface area contributed by atoms with E-state index in [0.29, 0.717) is 12.0 Å². The molecule has 21 heavy (non-hydrogen) atoms. The van der Waals surface area contributed by atoms with Gasteiger partial charge in [-0.05, 0) is 28.4 Å². The minimum Gasteiger partial charge on any atom is -0.352 e. The SMILES string of the molecule is O=C(CCNC(=O)c1csc(Br)c1)NC1CCS(=O)(=O)C1. The van der Waals surface area contributed by atoms with Crippen LogP contribution in [0.1, 0.15) is 23.2 Å². The summed E-state index contributed by atoms with van der Waals surface area (Å²) in [6, 6.07) is 1.41. The third-order valence-corrected chi connectivity index (χ3v) is 6.34. The van der Waals surface area contributed by atoms with Gasteiger partial charge in [-0.1, -0.05) is 0 Å². The van der Waals surface area contributed by atoms with Gasteiger partial charge in [0.15, 0.2) is 9.84 Å². The molecule has 1 aliphatic rings. The first kappa shape index (κ1) is 16.4. The Morgan fingerprint density at radius 3 is 2.76 bits per heavy atom. The summed E-state index contributed by atoms with van der Waals surface area (Å²) in [6.07, 6.45) is 0.594. The second-order valence-electron chi connectivity index (χ2n) is 4.81. The second-order valence-corrected chi connectivity index (χ2v) is 9.33. The van der Waals surface area contributed by atoms with Crippen molar-refractivity contribution in [2.45, 2.75) is 18.9 Å². The van der Waals surface area contributed by atoms with Crippen molar-refractivity contribution in [1.29, 1.82) is 0 Å². The lowest BCUT2D eigenvalue weighted by Crippen LogP contribution is -2.37. The van der Waals surface area contributed by atoms with Crippen LogP contribution in [-0.4, -0.2) is 44.3 Å². The van der Waals surface area contributed by atoms with Crippen LogP contribution in [0, 0.1) is 0 Å². The van der Waals surface area contributed by atoms with Gasteiger partial charge in [-0.3, -0.25) is 9.59 Å². The monoisotopic (exact) mass is 394 g/mol. The van der Waals surface area contributed by atoms with E-state index < -0.39 is 9.84 Å². The number of nitrogens with one attached hydrogen (secondary N) is 2. The molecule has 0 radical (unpaired) electrons. The molecule has 1 fully saturated rings. The van der Waals surface area contributed by atoms with Crippen LogP contribution in [0.25, 0.3) is 0 Å². The molecule has 1 unspecified atom stereocenters. The number of hydrogen-bond donors (Lipinski definition) is 2. The number of halogens is 1. The largest absolute Gasteiger partial charge is 0.352 e. The molecule has 1 aliphatic heterocycles. The Morgan fingerprint density at radius 1 is 1.43 bits per heavy atom. The van der Waals surface area contributed by atoms with Crippen LogP contribution in [0.3, 0.4) is 0 Å². The molecule has 0 bridgehead atoms. The van der Waals surface area contributed by atoms with Crippen LogP contribution < -0.4 is 10.6 Å². The molecule has 2 amide bonds. The fourth-order valence-corrected chi connectivity index (χ4v) is 4.84. The van der Waals surface area contributed by atoms with Crippen molar-refractivity contribution in [2.75, 3.05) is 18.1 Å². The molecule has 116 valence electrons. The van der Waals surface area contributed by atoms with Crippen molar-refractivity contribution in [2.24, 2.45) is 0 Å². The van der Waals surface area contributed by atoms with Crippen molar-refractivity contribution < 1.29 is 18.0 Å². The molecule has 0 aromatic carbocycles. The molecule has 2 N–H and O–H groups in total. The van der Waals surface area contributed by atoms with Gasteiger partial charge in [0.2, 0.25) is 5.91 Å². The highest BCUT2D eigenvalue weighted by molar-refractivity contribution is 9.11. The van der Waals surface area contributed by atoms with Gasteiger partial charge >= 0.3 is 0 Å². The van der Waals surface area contributed by atoms with Gasteiger partial charge in [-0.15, -0.1) is 11.3 Å². The Labute approximate surface area is 135 Å². The van der Waals surface area contributed by atoms with Gasteiger partial charge in [0.05, 0.1) is 20.9 Å². The molecular formula is C12H15BrN2O4S2. The number of hydrogen-bond acceptors (Lipinski definition) is 5. The summed E-state index contributed by atoms with van der Waals surface area (Å²) < 4.78 is 23.4. The quantitative estimate of drug-likeness (QED) is 0.776. The van der Waals surface area contributed by atoms with Crippen molar-refractivity contribution in [1.82, 2.24) is 10.6 Å². The molecular weight excluding hydrogens is 380 g/mol. The molecule has 1 atom stereocenters. The average Bonchev–Trinajstić information content (AvgIpc) is 2.95. The lowest BCUT2D eigenvalue weighted by Gasteiger charge is -2.10. The zero-order chi connectivity index (χ0) is 15.5. The van der Waals surface area contributed by atoms with Gasteiger partial charge < -0.3 is 10.6 Å². The van der Waals surface area contributed by atoms with Crippen LogP contribution in [-0.2, 0) is 14.6 Å². The van der Waals surface area contributed by atoms with Crippen molar-refractivity contribution in [3.8, 4) is 0 Å². The number of amides is 2. The Hall–Kier alpha value is -0.930. The van der Waals surface area contributed by atoms with Gasteiger partial charge in [0, 0.05) is 24.4 Å². The first-order chi connectivity index (χ1) is 9.85. The summed E-state index contributed by atoms with van der Waals surface area (Å²) >= 11 is 4.69. The first-order valence-electron chi connectivity index (χ1n) is 6.38. The molecule has 1 saturated heterocycles. The molecule has 9 heteroatoms. The maximum absolute atomic E-state index is 11.7. The van der Waals surface area contributed by atoms with E-state index in [1.807, 2.05) is 0 Å². The molecule has 0 spiro atoms. The third-order valence-electron chi connectivity index (χ3n) is 3.06. The fraction of sp³-hybridized carbons (Fsp3) is 0.500. The van der Waals surface area contributed by atoms with Crippen molar-refractivity contribution in [3.63, 3.8) is 0 Å². The van der Waals surface area contributed by atoms with Gasteiger partial charge in [0.1, 0.15) is 0 Å². The first-order valence-corrected chi connectivity index (χ1v) is 9.87. The van der Waals surface area contributed by atoms with E-state index in [9.17, 15) is 18.0 Å². The highest BCUT2D eigenvalue weighted by Crippen LogP contribution is 2.20. The summed E-state index contributed by atoms with van der Waals surface area (Å²) in [5.74, 6) is -0.340. The number of rotatable bonds is 5.